The minimum absolute atomic E-state index is 0.304. The van der Waals surface area contributed by atoms with E-state index in [1.54, 1.807) is 13.1 Å². The zero-order valence-electron chi connectivity index (χ0n) is 10.2. The van der Waals surface area contributed by atoms with E-state index in [0.29, 0.717) is 18.8 Å². The van der Waals surface area contributed by atoms with Gasteiger partial charge in [0.05, 0.1) is 5.60 Å². The van der Waals surface area contributed by atoms with Crippen LogP contribution in [-0.2, 0) is 0 Å². The van der Waals surface area contributed by atoms with E-state index in [1.807, 2.05) is 25.7 Å². The summed E-state index contributed by atoms with van der Waals surface area (Å²) in [7, 11) is 0. The van der Waals surface area contributed by atoms with Crippen LogP contribution in [0.2, 0.25) is 0 Å². The molecule has 0 aliphatic carbocycles. The molecule has 0 saturated carbocycles. The van der Waals surface area contributed by atoms with Crippen molar-refractivity contribution in [2.24, 2.45) is 4.99 Å². The Labute approximate surface area is 92.5 Å². The Balaban J connectivity index is 0.000000921. The summed E-state index contributed by atoms with van der Waals surface area (Å²) in [5, 5.41) is 17.2. The van der Waals surface area contributed by atoms with E-state index in [4.69, 9.17) is 5.41 Å². The summed E-state index contributed by atoms with van der Waals surface area (Å²) in [6, 6.07) is 0. The first kappa shape index (κ1) is 14.1. The Bertz CT molecular complexity index is 214. The van der Waals surface area contributed by atoms with Crippen LogP contribution < -0.4 is 0 Å². The Hall–Kier alpha value is -0.900. The third-order valence-corrected chi connectivity index (χ3v) is 2.39. The molecule has 2 N–H and O–H groups in total. The summed E-state index contributed by atoms with van der Waals surface area (Å²) in [5.74, 6) is 0.304. The molecule has 1 rings (SSSR count). The second-order valence-electron chi connectivity index (χ2n) is 3.69. The van der Waals surface area contributed by atoms with E-state index < -0.39 is 5.60 Å². The number of piperidine rings is 1. The van der Waals surface area contributed by atoms with Crippen molar-refractivity contribution in [1.29, 1.82) is 5.41 Å². The van der Waals surface area contributed by atoms with Gasteiger partial charge in [-0.25, -0.2) is 4.99 Å². The lowest BCUT2D eigenvalue weighted by molar-refractivity contribution is 0.00958. The van der Waals surface area contributed by atoms with Gasteiger partial charge in [-0.1, -0.05) is 13.8 Å². The van der Waals surface area contributed by atoms with Crippen molar-refractivity contribution in [2.45, 2.75) is 46.1 Å². The molecule has 0 aromatic heterocycles. The number of rotatable bonds is 0. The molecule has 0 bridgehead atoms. The molecule has 88 valence electrons. The number of hydrogen-bond donors (Lipinski definition) is 2. The summed E-state index contributed by atoms with van der Waals surface area (Å²) >= 11 is 0. The van der Waals surface area contributed by atoms with Crippen LogP contribution in [0.3, 0.4) is 0 Å². The number of nitrogens with zero attached hydrogens (tertiary/aromatic N) is 2. The Kier molecular flexibility index (Phi) is 6.17. The molecule has 1 aliphatic heterocycles. The zero-order valence-corrected chi connectivity index (χ0v) is 10.2. The summed E-state index contributed by atoms with van der Waals surface area (Å²) in [6.07, 6.45) is 3.05. The van der Waals surface area contributed by atoms with Crippen molar-refractivity contribution >= 4 is 12.2 Å². The highest BCUT2D eigenvalue weighted by molar-refractivity contribution is 5.84. The number of likely N-dealkylation sites (tertiary alicyclic amines) is 1. The molecular weight excluding hydrogens is 190 g/mol. The first-order valence-corrected chi connectivity index (χ1v) is 5.60. The van der Waals surface area contributed by atoms with E-state index in [1.165, 1.54) is 0 Å². The van der Waals surface area contributed by atoms with E-state index >= 15 is 0 Å². The number of guanidine groups is 1. The second kappa shape index (κ2) is 6.56. The molecule has 0 amide bonds. The third-order valence-electron chi connectivity index (χ3n) is 2.39. The van der Waals surface area contributed by atoms with E-state index in [9.17, 15) is 5.11 Å². The Morgan fingerprint density at radius 1 is 1.40 bits per heavy atom. The summed E-state index contributed by atoms with van der Waals surface area (Å²) in [4.78, 5) is 5.79. The predicted molar refractivity (Wildman–Crippen MR) is 64.7 cm³/mol. The summed E-state index contributed by atoms with van der Waals surface area (Å²) < 4.78 is 0. The van der Waals surface area contributed by atoms with Crippen molar-refractivity contribution in [2.75, 3.05) is 13.1 Å². The standard InChI is InChI=1S/C9H17N3O.C2H6/c1-3-11-8(10)12-6-4-9(2,13)5-7-12;1-2/h3,10,13H,4-7H2,1-2H3;1-2H3/b10-8?,11-3-;. The van der Waals surface area contributed by atoms with Crippen LogP contribution in [-0.4, -0.2) is 40.9 Å². The number of nitrogens with one attached hydrogen (secondary N) is 1. The fraction of sp³-hybridized carbons (Fsp3) is 0.818. The lowest BCUT2D eigenvalue weighted by Crippen LogP contribution is -2.44. The van der Waals surface area contributed by atoms with E-state index in [-0.39, 0.29) is 0 Å². The smallest absolute Gasteiger partial charge is 0.217 e. The monoisotopic (exact) mass is 213 g/mol. The minimum atomic E-state index is -0.549. The first-order valence-electron chi connectivity index (χ1n) is 5.60. The van der Waals surface area contributed by atoms with Crippen molar-refractivity contribution < 1.29 is 5.11 Å². The second-order valence-corrected chi connectivity index (χ2v) is 3.69. The molecule has 0 unspecified atom stereocenters. The average Bonchev–Trinajstić information content (AvgIpc) is 2.21. The predicted octanol–water partition coefficient (Wildman–Crippen LogP) is 1.88. The highest BCUT2D eigenvalue weighted by atomic mass is 16.3. The molecule has 1 heterocycles. The Morgan fingerprint density at radius 2 is 1.87 bits per heavy atom. The first-order chi connectivity index (χ1) is 7.05. The van der Waals surface area contributed by atoms with Gasteiger partial charge in [0.1, 0.15) is 0 Å². The molecule has 15 heavy (non-hydrogen) atoms. The fourth-order valence-electron chi connectivity index (χ4n) is 1.40. The van der Waals surface area contributed by atoms with Gasteiger partial charge in [-0.2, -0.15) is 0 Å². The van der Waals surface area contributed by atoms with Crippen LogP contribution in [0.1, 0.15) is 40.5 Å². The topological polar surface area (TPSA) is 59.7 Å². The van der Waals surface area contributed by atoms with Gasteiger partial charge >= 0.3 is 0 Å². The molecule has 1 aliphatic rings. The van der Waals surface area contributed by atoms with E-state index in [2.05, 4.69) is 4.99 Å². The molecule has 0 atom stereocenters. The molecule has 1 fully saturated rings. The number of hydrogen-bond acceptors (Lipinski definition) is 2. The van der Waals surface area contributed by atoms with Gasteiger partial charge in [0, 0.05) is 19.3 Å². The molecule has 4 nitrogen and oxygen atoms in total. The van der Waals surface area contributed by atoms with E-state index in [0.717, 1.165) is 13.1 Å². The maximum absolute atomic E-state index is 9.67. The van der Waals surface area contributed by atoms with Crippen molar-refractivity contribution in [3.63, 3.8) is 0 Å². The lowest BCUT2D eigenvalue weighted by Gasteiger charge is -2.35. The number of aliphatic hydroxyl groups is 1. The van der Waals surface area contributed by atoms with Gasteiger partial charge in [-0.3, -0.25) is 5.41 Å². The summed E-state index contributed by atoms with van der Waals surface area (Å²) in [6.45, 7) is 9.10. The molecular formula is C11H23N3O. The fourth-order valence-corrected chi connectivity index (χ4v) is 1.40. The van der Waals surface area contributed by atoms with Crippen molar-refractivity contribution in [3.05, 3.63) is 0 Å². The molecule has 0 radical (unpaired) electrons. The van der Waals surface area contributed by atoms with Gasteiger partial charge in [-0.15, -0.1) is 0 Å². The number of aliphatic imine (C=N–C) groups is 1. The van der Waals surface area contributed by atoms with Crippen LogP contribution in [0.4, 0.5) is 0 Å². The third kappa shape index (κ3) is 4.93. The van der Waals surface area contributed by atoms with Gasteiger partial charge in [-0.05, 0) is 26.7 Å². The van der Waals surface area contributed by atoms with Gasteiger partial charge < -0.3 is 10.0 Å². The average molecular weight is 213 g/mol. The highest BCUT2D eigenvalue weighted by Gasteiger charge is 2.27. The van der Waals surface area contributed by atoms with Crippen molar-refractivity contribution in [1.82, 2.24) is 4.90 Å². The molecule has 0 aromatic rings. The van der Waals surface area contributed by atoms with Crippen LogP contribution in [0.15, 0.2) is 4.99 Å². The summed E-state index contributed by atoms with van der Waals surface area (Å²) in [5.41, 5.74) is -0.549. The molecule has 0 spiro atoms. The molecule has 0 aromatic carbocycles. The lowest BCUT2D eigenvalue weighted by atomic mass is 9.94. The van der Waals surface area contributed by atoms with Gasteiger partial charge in [0.15, 0.2) is 0 Å². The normalized spacial score (nSPS) is 19.7. The Morgan fingerprint density at radius 3 is 2.27 bits per heavy atom. The molecule has 4 heteroatoms. The SMILES string of the molecule is C/C=N\C(=N)N1CCC(C)(O)CC1.CC. The maximum atomic E-state index is 9.67. The van der Waals surface area contributed by atoms with Crippen LogP contribution in [0.25, 0.3) is 0 Å². The van der Waals surface area contributed by atoms with Crippen LogP contribution >= 0.6 is 0 Å². The van der Waals surface area contributed by atoms with Crippen LogP contribution in [0, 0.1) is 5.41 Å². The van der Waals surface area contributed by atoms with Gasteiger partial charge in [0.25, 0.3) is 0 Å². The maximum Gasteiger partial charge on any atom is 0.217 e. The largest absolute Gasteiger partial charge is 0.390 e. The van der Waals surface area contributed by atoms with Crippen LogP contribution in [0.5, 0.6) is 0 Å². The quantitative estimate of drug-likeness (QED) is 0.477. The highest BCUT2D eigenvalue weighted by Crippen LogP contribution is 2.20. The molecule has 1 saturated heterocycles. The minimum Gasteiger partial charge on any atom is -0.390 e. The van der Waals surface area contributed by atoms with Gasteiger partial charge in [0.2, 0.25) is 5.96 Å². The van der Waals surface area contributed by atoms with Crippen molar-refractivity contribution in [3.8, 4) is 0 Å². The zero-order chi connectivity index (χ0) is 11.9.